The van der Waals surface area contributed by atoms with Crippen LogP contribution in [0.3, 0.4) is 0 Å². The number of rotatable bonds is 3. The molecule has 2 aliphatic rings. The molecule has 1 fully saturated rings. The average molecular weight is 351 g/mol. The van der Waals surface area contributed by atoms with Crippen LogP contribution in [-0.4, -0.2) is 52.8 Å². The smallest absolute Gasteiger partial charge is 0.270 e. The number of hydrogen-bond donors (Lipinski definition) is 1. The van der Waals surface area contributed by atoms with Crippen LogP contribution in [-0.2, 0) is 24.1 Å². The van der Waals surface area contributed by atoms with Crippen molar-refractivity contribution >= 4 is 11.8 Å². The zero-order chi connectivity index (χ0) is 17.9. The number of benzene rings is 1. The van der Waals surface area contributed by atoms with Crippen molar-refractivity contribution in [1.29, 1.82) is 0 Å². The Kier molecular flexibility index (Phi) is 4.78. The van der Waals surface area contributed by atoms with E-state index in [1.165, 1.54) is 30.4 Å². The number of nitrogens with one attached hydrogen (secondary N) is 1. The Morgan fingerprint density at radius 2 is 1.65 bits per heavy atom. The second kappa shape index (κ2) is 7.36. The van der Waals surface area contributed by atoms with Crippen molar-refractivity contribution < 1.29 is 9.59 Å². The van der Waals surface area contributed by atoms with E-state index in [1.54, 1.807) is 12.3 Å². The molecule has 0 bridgehead atoms. The summed E-state index contributed by atoms with van der Waals surface area (Å²) in [7, 11) is 0. The summed E-state index contributed by atoms with van der Waals surface area (Å²) < 4.78 is 0. The Balaban J connectivity index is 1.33. The highest BCUT2D eigenvalue weighted by molar-refractivity contribution is 5.92. The minimum atomic E-state index is 0.0109. The van der Waals surface area contributed by atoms with E-state index in [-0.39, 0.29) is 11.8 Å². The van der Waals surface area contributed by atoms with Crippen LogP contribution in [0.5, 0.6) is 0 Å². The van der Waals surface area contributed by atoms with Crippen molar-refractivity contribution in [3.05, 3.63) is 58.9 Å². The molecular weight excluding hydrogens is 326 g/mol. The summed E-state index contributed by atoms with van der Waals surface area (Å²) in [5.41, 5.74) is 4.59. The van der Waals surface area contributed by atoms with Crippen LogP contribution >= 0.6 is 0 Å². The molecule has 1 aromatic carbocycles. The van der Waals surface area contributed by atoms with E-state index in [1.807, 2.05) is 15.9 Å². The van der Waals surface area contributed by atoms with Gasteiger partial charge in [-0.1, -0.05) is 18.2 Å². The van der Waals surface area contributed by atoms with Gasteiger partial charge in [0, 0.05) is 32.4 Å². The highest BCUT2D eigenvalue weighted by Crippen LogP contribution is 2.22. The van der Waals surface area contributed by atoms with Crippen LogP contribution in [0.15, 0.2) is 36.5 Å². The van der Waals surface area contributed by atoms with E-state index < -0.39 is 0 Å². The summed E-state index contributed by atoms with van der Waals surface area (Å²) in [6, 6.07) is 10.1. The van der Waals surface area contributed by atoms with Crippen molar-refractivity contribution in [1.82, 2.24) is 14.8 Å². The highest BCUT2D eigenvalue weighted by atomic mass is 16.2. The number of H-pyrrole nitrogens is 1. The Bertz CT molecular complexity index is 790. The number of fused-ring (bicyclic) bond motifs is 1. The van der Waals surface area contributed by atoms with Gasteiger partial charge in [0.25, 0.3) is 5.91 Å². The van der Waals surface area contributed by atoms with E-state index in [9.17, 15) is 9.59 Å². The SMILES string of the molecule is O=C(Cc1ccc2c(c1)CCCC2)N1CCN(C(=O)c2ccc[nH]2)CC1. The third-order valence-corrected chi connectivity index (χ3v) is 5.52. The summed E-state index contributed by atoms with van der Waals surface area (Å²) in [6.45, 7) is 2.40. The van der Waals surface area contributed by atoms with Gasteiger partial charge in [-0.05, 0) is 54.5 Å². The first kappa shape index (κ1) is 16.9. The highest BCUT2D eigenvalue weighted by Gasteiger charge is 2.25. The fraction of sp³-hybridized carbons (Fsp3) is 0.429. The first-order chi connectivity index (χ1) is 12.7. The lowest BCUT2D eigenvalue weighted by atomic mass is 9.90. The second-order valence-electron chi connectivity index (χ2n) is 7.24. The zero-order valence-corrected chi connectivity index (χ0v) is 15.0. The fourth-order valence-corrected chi connectivity index (χ4v) is 3.98. The number of amides is 2. The number of carbonyl (C=O) groups excluding carboxylic acids is 2. The Morgan fingerprint density at radius 1 is 0.923 bits per heavy atom. The van der Waals surface area contributed by atoms with Gasteiger partial charge in [0.15, 0.2) is 0 Å². The van der Waals surface area contributed by atoms with E-state index in [4.69, 9.17) is 0 Å². The van der Waals surface area contributed by atoms with Crippen molar-refractivity contribution in [2.75, 3.05) is 26.2 Å². The van der Waals surface area contributed by atoms with Gasteiger partial charge in [-0.25, -0.2) is 0 Å². The van der Waals surface area contributed by atoms with Crippen LogP contribution in [0.2, 0.25) is 0 Å². The molecule has 5 nitrogen and oxygen atoms in total. The van der Waals surface area contributed by atoms with E-state index in [0.717, 1.165) is 12.0 Å². The van der Waals surface area contributed by atoms with Gasteiger partial charge in [0.2, 0.25) is 5.91 Å². The Labute approximate surface area is 154 Å². The number of carbonyl (C=O) groups is 2. The first-order valence-corrected chi connectivity index (χ1v) is 9.52. The molecule has 4 rings (SSSR count). The number of hydrogen-bond acceptors (Lipinski definition) is 2. The normalized spacial score (nSPS) is 17.1. The number of aromatic nitrogens is 1. The predicted octanol–water partition coefficient (Wildman–Crippen LogP) is 2.42. The molecule has 2 heterocycles. The quantitative estimate of drug-likeness (QED) is 0.923. The number of piperazine rings is 1. The standard InChI is InChI=1S/C21H25N3O2/c25-20(15-16-7-8-17-4-1-2-5-18(17)14-16)23-10-12-24(13-11-23)21(26)19-6-3-9-22-19/h3,6-9,14,22H,1-2,4-5,10-13,15H2. The number of aromatic amines is 1. The molecule has 5 heteroatoms. The maximum Gasteiger partial charge on any atom is 0.270 e. The molecular formula is C21H25N3O2. The topological polar surface area (TPSA) is 56.4 Å². The molecule has 0 atom stereocenters. The average Bonchev–Trinajstić information content (AvgIpc) is 3.22. The van der Waals surface area contributed by atoms with Crippen molar-refractivity contribution in [2.24, 2.45) is 0 Å². The molecule has 1 aromatic heterocycles. The van der Waals surface area contributed by atoms with Crippen molar-refractivity contribution in [3.63, 3.8) is 0 Å². The predicted molar refractivity (Wildman–Crippen MR) is 100 cm³/mol. The largest absolute Gasteiger partial charge is 0.357 e. The molecule has 0 saturated carbocycles. The third kappa shape index (κ3) is 3.52. The minimum absolute atomic E-state index is 0.0109. The number of nitrogens with zero attached hydrogens (tertiary/aromatic N) is 2. The number of aryl methyl sites for hydroxylation is 2. The molecule has 0 spiro atoms. The molecule has 1 aliphatic heterocycles. The minimum Gasteiger partial charge on any atom is -0.357 e. The molecule has 1 saturated heterocycles. The van der Waals surface area contributed by atoms with E-state index in [0.29, 0.717) is 38.3 Å². The lowest BCUT2D eigenvalue weighted by Gasteiger charge is -2.34. The lowest BCUT2D eigenvalue weighted by Crippen LogP contribution is -2.51. The Morgan fingerprint density at radius 3 is 2.38 bits per heavy atom. The van der Waals surface area contributed by atoms with Crippen molar-refractivity contribution in [3.8, 4) is 0 Å². The van der Waals surface area contributed by atoms with Crippen LogP contribution < -0.4 is 0 Å². The van der Waals surface area contributed by atoms with Crippen LogP contribution in [0, 0.1) is 0 Å². The summed E-state index contributed by atoms with van der Waals surface area (Å²) >= 11 is 0. The molecule has 2 aromatic rings. The van der Waals surface area contributed by atoms with Gasteiger partial charge in [-0.2, -0.15) is 0 Å². The van der Waals surface area contributed by atoms with Crippen molar-refractivity contribution in [2.45, 2.75) is 32.1 Å². The van der Waals surface area contributed by atoms with Crippen LogP contribution in [0.25, 0.3) is 0 Å². The Hall–Kier alpha value is -2.56. The van der Waals surface area contributed by atoms with E-state index in [2.05, 4.69) is 23.2 Å². The summed E-state index contributed by atoms with van der Waals surface area (Å²) in [5, 5.41) is 0. The summed E-state index contributed by atoms with van der Waals surface area (Å²) in [6.07, 6.45) is 7.04. The molecule has 1 N–H and O–H groups in total. The molecule has 26 heavy (non-hydrogen) atoms. The molecule has 0 radical (unpaired) electrons. The van der Waals surface area contributed by atoms with Crippen LogP contribution in [0.1, 0.15) is 40.0 Å². The maximum atomic E-state index is 12.7. The van der Waals surface area contributed by atoms with Crippen LogP contribution in [0.4, 0.5) is 0 Å². The van der Waals surface area contributed by atoms with E-state index >= 15 is 0 Å². The molecule has 2 amide bonds. The fourth-order valence-electron chi connectivity index (χ4n) is 3.98. The maximum absolute atomic E-state index is 12.7. The molecule has 0 unspecified atom stereocenters. The third-order valence-electron chi connectivity index (χ3n) is 5.52. The van der Waals surface area contributed by atoms with Gasteiger partial charge in [-0.3, -0.25) is 9.59 Å². The second-order valence-corrected chi connectivity index (χ2v) is 7.24. The van der Waals surface area contributed by atoms with Gasteiger partial charge in [0.1, 0.15) is 5.69 Å². The zero-order valence-electron chi connectivity index (χ0n) is 15.0. The van der Waals surface area contributed by atoms with Gasteiger partial charge >= 0.3 is 0 Å². The first-order valence-electron chi connectivity index (χ1n) is 9.52. The summed E-state index contributed by atoms with van der Waals surface area (Å²) in [5.74, 6) is 0.171. The van der Waals surface area contributed by atoms with Gasteiger partial charge in [-0.15, -0.1) is 0 Å². The van der Waals surface area contributed by atoms with Gasteiger partial charge in [0.05, 0.1) is 6.42 Å². The molecule has 136 valence electrons. The lowest BCUT2D eigenvalue weighted by molar-refractivity contribution is -0.131. The molecule has 1 aliphatic carbocycles. The van der Waals surface area contributed by atoms with Gasteiger partial charge < -0.3 is 14.8 Å². The monoisotopic (exact) mass is 351 g/mol. The summed E-state index contributed by atoms with van der Waals surface area (Å²) in [4.78, 5) is 31.7.